The number of hydrogen-bond acceptors (Lipinski definition) is 5. The number of nitrogens with zero attached hydrogens (tertiary/aromatic N) is 3. The van der Waals surface area contributed by atoms with Crippen LogP contribution in [-0.2, 0) is 14.3 Å². The molecule has 1 aromatic heterocycles. The highest BCUT2D eigenvalue weighted by molar-refractivity contribution is 5.92. The van der Waals surface area contributed by atoms with E-state index in [0.717, 1.165) is 16.7 Å². The molecule has 0 unspecified atom stereocenters. The lowest BCUT2D eigenvalue weighted by Crippen LogP contribution is -2.46. The molecule has 2 aromatic carbocycles. The van der Waals surface area contributed by atoms with Crippen LogP contribution >= 0.6 is 0 Å². The number of amides is 2. The van der Waals surface area contributed by atoms with Crippen molar-refractivity contribution >= 4 is 28.8 Å². The predicted molar refractivity (Wildman–Crippen MR) is 117 cm³/mol. The molecular formula is C23H26N4O4. The average Bonchev–Trinajstić information content (AvgIpc) is 3.14. The molecule has 0 aliphatic carbocycles. The fraction of sp³-hybridized carbons (Fsp3) is 0.304. The van der Waals surface area contributed by atoms with Gasteiger partial charge in [-0.2, -0.15) is 0 Å². The van der Waals surface area contributed by atoms with Gasteiger partial charge in [-0.25, -0.2) is 9.78 Å². The van der Waals surface area contributed by atoms with E-state index in [0.29, 0.717) is 5.56 Å². The summed E-state index contributed by atoms with van der Waals surface area (Å²) < 4.78 is 7.04. The topological polar surface area (TPSA) is 93.5 Å². The van der Waals surface area contributed by atoms with Gasteiger partial charge in [-0.15, -0.1) is 0 Å². The Morgan fingerprint density at radius 3 is 2.42 bits per heavy atom. The second-order valence-corrected chi connectivity index (χ2v) is 8.27. The Morgan fingerprint density at radius 1 is 1.06 bits per heavy atom. The number of aromatic nitrogens is 2. The quantitative estimate of drug-likeness (QED) is 0.616. The van der Waals surface area contributed by atoms with Crippen LogP contribution in [0.4, 0.5) is 0 Å². The molecule has 0 spiro atoms. The van der Waals surface area contributed by atoms with Crippen molar-refractivity contribution in [1.82, 2.24) is 19.8 Å². The van der Waals surface area contributed by atoms with E-state index in [-0.39, 0.29) is 18.0 Å². The largest absolute Gasteiger partial charge is 0.452 e. The van der Waals surface area contributed by atoms with Crippen LogP contribution in [0.3, 0.4) is 0 Å². The van der Waals surface area contributed by atoms with Crippen LogP contribution in [0, 0.1) is 0 Å². The number of esters is 1. The number of para-hydroxylation sites is 2. The number of hydrogen-bond donors (Lipinski definition) is 1. The minimum absolute atomic E-state index is 0.110. The third kappa shape index (κ3) is 5.69. The maximum atomic E-state index is 12.3. The summed E-state index contributed by atoms with van der Waals surface area (Å²) in [5.41, 5.74) is 2.63. The van der Waals surface area contributed by atoms with Crippen LogP contribution in [-0.4, -0.2) is 58.0 Å². The van der Waals surface area contributed by atoms with Gasteiger partial charge in [0.25, 0.3) is 5.91 Å². The molecule has 0 radical (unpaired) electrons. The molecule has 1 heterocycles. The fourth-order valence-corrected chi connectivity index (χ4v) is 3.01. The van der Waals surface area contributed by atoms with Gasteiger partial charge in [0.1, 0.15) is 6.33 Å². The van der Waals surface area contributed by atoms with Gasteiger partial charge in [0.05, 0.1) is 23.1 Å². The molecule has 2 amide bonds. The highest BCUT2D eigenvalue weighted by Crippen LogP contribution is 2.18. The molecule has 8 heteroatoms. The van der Waals surface area contributed by atoms with E-state index in [1.807, 2.05) is 49.6 Å². The SMILES string of the molecule is CN(CC(=O)NC(C)(C)C)C(=O)COC(=O)c1ccc(-n2cnc3ccccc32)cc1. The number of rotatable bonds is 6. The molecule has 3 rings (SSSR count). The first-order valence-electron chi connectivity index (χ1n) is 9.89. The van der Waals surface area contributed by atoms with Crippen LogP contribution in [0.5, 0.6) is 0 Å². The van der Waals surface area contributed by atoms with Crippen LogP contribution in [0.2, 0.25) is 0 Å². The van der Waals surface area contributed by atoms with Gasteiger partial charge in [0.2, 0.25) is 5.91 Å². The monoisotopic (exact) mass is 422 g/mol. The first kappa shape index (κ1) is 22.0. The summed E-state index contributed by atoms with van der Waals surface area (Å²) in [5, 5.41) is 2.78. The lowest BCUT2D eigenvalue weighted by molar-refractivity contribution is -0.137. The minimum atomic E-state index is -0.608. The van der Waals surface area contributed by atoms with E-state index in [4.69, 9.17) is 4.74 Å². The molecule has 0 saturated carbocycles. The zero-order valence-corrected chi connectivity index (χ0v) is 18.1. The molecule has 162 valence electrons. The van der Waals surface area contributed by atoms with E-state index in [2.05, 4.69) is 10.3 Å². The Labute approximate surface area is 180 Å². The smallest absolute Gasteiger partial charge is 0.338 e. The molecule has 0 saturated heterocycles. The van der Waals surface area contributed by atoms with E-state index in [9.17, 15) is 14.4 Å². The Hall–Kier alpha value is -3.68. The Morgan fingerprint density at radius 2 is 1.74 bits per heavy atom. The second kappa shape index (κ2) is 8.99. The number of likely N-dealkylation sites (N-methyl/N-ethyl adjacent to an activating group) is 1. The molecular weight excluding hydrogens is 396 g/mol. The third-order valence-corrected chi connectivity index (χ3v) is 4.48. The molecule has 1 N–H and O–H groups in total. The lowest BCUT2D eigenvalue weighted by atomic mass is 10.1. The second-order valence-electron chi connectivity index (χ2n) is 8.27. The predicted octanol–water partition coefficient (Wildman–Crippen LogP) is 2.56. The summed E-state index contributed by atoms with van der Waals surface area (Å²) in [5.74, 6) is -1.35. The maximum Gasteiger partial charge on any atom is 0.338 e. The van der Waals surface area contributed by atoms with Crippen LogP contribution in [0.25, 0.3) is 16.7 Å². The van der Waals surface area contributed by atoms with Gasteiger partial charge in [-0.05, 0) is 57.2 Å². The van der Waals surface area contributed by atoms with Gasteiger partial charge in [0, 0.05) is 18.3 Å². The first-order valence-corrected chi connectivity index (χ1v) is 9.89. The molecule has 31 heavy (non-hydrogen) atoms. The van der Waals surface area contributed by atoms with Crippen molar-refractivity contribution in [3.8, 4) is 5.69 Å². The van der Waals surface area contributed by atoms with E-state index < -0.39 is 18.5 Å². The van der Waals surface area contributed by atoms with Crippen molar-refractivity contribution in [2.75, 3.05) is 20.2 Å². The van der Waals surface area contributed by atoms with Gasteiger partial charge in [-0.1, -0.05) is 12.1 Å². The number of nitrogens with one attached hydrogen (secondary N) is 1. The summed E-state index contributed by atoms with van der Waals surface area (Å²) in [7, 11) is 1.49. The lowest BCUT2D eigenvalue weighted by Gasteiger charge is -2.23. The van der Waals surface area contributed by atoms with Crippen LogP contribution in [0.15, 0.2) is 54.9 Å². The van der Waals surface area contributed by atoms with Crippen molar-refractivity contribution in [2.45, 2.75) is 26.3 Å². The summed E-state index contributed by atoms with van der Waals surface area (Å²) in [6, 6.07) is 14.6. The molecule has 0 aliphatic heterocycles. The summed E-state index contributed by atoms with van der Waals surface area (Å²) in [6.45, 7) is 5.02. The normalized spacial score (nSPS) is 11.2. The maximum absolute atomic E-state index is 12.3. The first-order chi connectivity index (χ1) is 14.6. The third-order valence-electron chi connectivity index (χ3n) is 4.48. The van der Waals surface area contributed by atoms with Crippen molar-refractivity contribution in [3.63, 3.8) is 0 Å². The molecule has 0 bridgehead atoms. The Bertz CT molecular complexity index is 1100. The molecule has 8 nitrogen and oxygen atoms in total. The zero-order valence-electron chi connectivity index (χ0n) is 18.1. The number of benzene rings is 2. The van der Waals surface area contributed by atoms with E-state index in [1.165, 1.54) is 11.9 Å². The number of carbonyl (C=O) groups excluding carboxylic acids is 3. The summed E-state index contributed by atoms with van der Waals surface area (Å²) >= 11 is 0. The van der Waals surface area contributed by atoms with Crippen LogP contribution in [0.1, 0.15) is 31.1 Å². The zero-order chi connectivity index (χ0) is 22.6. The molecule has 0 aliphatic rings. The average molecular weight is 422 g/mol. The summed E-state index contributed by atoms with van der Waals surface area (Å²) in [6.07, 6.45) is 1.72. The van der Waals surface area contributed by atoms with Crippen molar-refractivity contribution in [2.24, 2.45) is 0 Å². The van der Waals surface area contributed by atoms with Gasteiger partial charge in [0.15, 0.2) is 6.61 Å². The fourth-order valence-electron chi connectivity index (χ4n) is 3.01. The number of imidazole rings is 1. The van der Waals surface area contributed by atoms with E-state index in [1.54, 1.807) is 30.6 Å². The van der Waals surface area contributed by atoms with Gasteiger partial charge in [-0.3, -0.25) is 14.2 Å². The standard InChI is InChI=1S/C23H26N4O4/c1-23(2,3)25-20(28)13-26(4)21(29)14-31-22(30)16-9-11-17(12-10-16)27-15-24-18-7-5-6-8-19(18)27/h5-12,15H,13-14H2,1-4H3,(H,25,28). The minimum Gasteiger partial charge on any atom is -0.452 e. The molecule has 3 aromatic rings. The molecule has 0 fully saturated rings. The van der Waals surface area contributed by atoms with E-state index >= 15 is 0 Å². The highest BCUT2D eigenvalue weighted by Gasteiger charge is 2.19. The van der Waals surface area contributed by atoms with Crippen molar-refractivity contribution in [3.05, 3.63) is 60.4 Å². The Balaban J connectivity index is 1.56. The van der Waals surface area contributed by atoms with Crippen molar-refractivity contribution < 1.29 is 19.1 Å². The highest BCUT2D eigenvalue weighted by atomic mass is 16.5. The van der Waals surface area contributed by atoms with Crippen molar-refractivity contribution in [1.29, 1.82) is 0 Å². The number of carbonyl (C=O) groups is 3. The molecule has 0 atom stereocenters. The number of ether oxygens (including phenoxy) is 1. The Kier molecular flexibility index (Phi) is 6.39. The van der Waals surface area contributed by atoms with Gasteiger partial charge < -0.3 is 15.0 Å². The van der Waals surface area contributed by atoms with Gasteiger partial charge >= 0.3 is 5.97 Å². The van der Waals surface area contributed by atoms with Crippen LogP contribution < -0.4 is 5.32 Å². The number of fused-ring (bicyclic) bond motifs is 1. The summed E-state index contributed by atoms with van der Waals surface area (Å²) in [4.78, 5) is 42.0.